The van der Waals surface area contributed by atoms with E-state index in [2.05, 4.69) is 10.6 Å². The van der Waals surface area contributed by atoms with Gasteiger partial charge in [0.05, 0.1) is 13.7 Å². The molecule has 2 N–H and O–H groups in total. The Balaban J connectivity index is 0.00000484. The first-order valence-corrected chi connectivity index (χ1v) is 7.39. The Morgan fingerprint density at radius 3 is 2.61 bits per heavy atom. The van der Waals surface area contributed by atoms with E-state index in [0.717, 1.165) is 0 Å². The van der Waals surface area contributed by atoms with Crippen molar-refractivity contribution in [2.45, 2.75) is 13.8 Å². The SMILES string of the molecule is CCN(CC(=O)Nc1cccc(OC)c1)C(=O)C(C)CNC.Cl. The average molecular weight is 344 g/mol. The largest absolute Gasteiger partial charge is 0.497 e. The molecule has 0 fully saturated rings. The number of nitrogens with zero attached hydrogens (tertiary/aromatic N) is 1. The third-order valence-electron chi connectivity index (χ3n) is 3.31. The highest BCUT2D eigenvalue weighted by molar-refractivity contribution is 5.95. The van der Waals surface area contributed by atoms with Gasteiger partial charge in [0.25, 0.3) is 0 Å². The molecule has 0 spiro atoms. The zero-order valence-corrected chi connectivity index (χ0v) is 14.9. The van der Waals surface area contributed by atoms with E-state index in [-0.39, 0.29) is 36.7 Å². The van der Waals surface area contributed by atoms with E-state index in [1.807, 2.05) is 13.8 Å². The number of carbonyl (C=O) groups excluding carboxylic acids is 2. The standard InChI is InChI=1S/C16H25N3O3.ClH/c1-5-19(16(21)12(2)10-17-3)11-15(20)18-13-7-6-8-14(9-13)22-4;/h6-9,12,17H,5,10-11H2,1-4H3,(H,18,20);1H. The number of methoxy groups -OCH3 is 1. The van der Waals surface area contributed by atoms with Crippen LogP contribution in [0.1, 0.15) is 13.8 Å². The lowest BCUT2D eigenvalue weighted by molar-refractivity contribution is -0.137. The molecule has 23 heavy (non-hydrogen) atoms. The molecule has 0 heterocycles. The molecule has 2 amide bonds. The lowest BCUT2D eigenvalue weighted by atomic mass is 10.1. The fraction of sp³-hybridized carbons (Fsp3) is 0.500. The van der Waals surface area contributed by atoms with Crippen LogP contribution < -0.4 is 15.4 Å². The number of anilines is 1. The summed E-state index contributed by atoms with van der Waals surface area (Å²) in [4.78, 5) is 25.9. The fourth-order valence-corrected chi connectivity index (χ4v) is 2.13. The van der Waals surface area contributed by atoms with E-state index in [1.54, 1.807) is 43.3 Å². The predicted octanol–water partition coefficient (Wildman–Crippen LogP) is 1.76. The Morgan fingerprint density at radius 2 is 2.04 bits per heavy atom. The van der Waals surface area contributed by atoms with E-state index >= 15 is 0 Å². The molecule has 0 aromatic heterocycles. The monoisotopic (exact) mass is 343 g/mol. The number of carbonyl (C=O) groups is 2. The lowest BCUT2D eigenvalue weighted by Crippen LogP contribution is -2.42. The van der Waals surface area contributed by atoms with E-state index < -0.39 is 0 Å². The molecule has 0 aliphatic rings. The molecule has 1 aromatic carbocycles. The molecule has 7 heteroatoms. The van der Waals surface area contributed by atoms with Crippen LogP contribution in [-0.4, -0.2) is 50.5 Å². The highest BCUT2D eigenvalue weighted by atomic mass is 35.5. The third kappa shape index (κ3) is 6.88. The maximum atomic E-state index is 12.2. The molecule has 1 atom stereocenters. The topological polar surface area (TPSA) is 70.7 Å². The summed E-state index contributed by atoms with van der Waals surface area (Å²) in [6.07, 6.45) is 0. The Hall–Kier alpha value is -1.79. The van der Waals surface area contributed by atoms with Gasteiger partial charge in [0.1, 0.15) is 5.75 Å². The van der Waals surface area contributed by atoms with Crippen LogP contribution in [0.15, 0.2) is 24.3 Å². The molecule has 0 radical (unpaired) electrons. The van der Waals surface area contributed by atoms with Gasteiger partial charge in [-0.15, -0.1) is 12.4 Å². The van der Waals surface area contributed by atoms with E-state index in [4.69, 9.17) is 4.74 Å². The number of ether oxygens (including phenoxy) is 1. The van der Waals surface area contributed by atoms with Crippen LogP contribution in [0.25, 0.3) is 0 Å². The molecule has 0 aliphatic carbocycles. The highest BCUT2D eigenvalue weighted by Gasteiger charge is 2.20. The van der Waals surface area contributed by atoms with Gasteiger partial charge in [0, 0.05) is 30.8 Å². The van der Waals surface area contributed by atoms with E-state index in [1.165, 1.54) is 0 Å². The highest BCUT2D eigenvalue weighted by Crippen LogP contribution is 2.16. The maximum absolute atomic E-state index is 12.2. The van der Waals surface area contributed by atoms with Gasteiger partial charge >= 0.3 is 0 Å². The van der Waals surface area contributed by atoms with Crippen LogP contribution in [0.4, 0.5) is 5.69 Å². The van der Waals surface area contributed by atoms with Crippen LogP contribution in [0.3, 0.4) is 0 Å². The van der Waals surface area contributed by atoms with Crippen molar-refractivity contribution in [2.75, 3.05) is 39.1 Å². The smallest absolute Gasteiger partial charge is 0.243 e. The molecule has 0 aliphatic heterocycles. The minimum absolute atomic E-state index is 0. The number of halogens is 1. The van der Waals surface area contributed by atoms with Gasteiger partial charge in [-0.2, -0.15) is 0 Å². The Kier molecular flexibility index (Phi) is 10.0. The van der Waals surface area contributed by atoms with Crippen molar-refractivity contribution in [1.29, 1.82) is 0 Å². The first-order chi connectivity index (χ1) is 10.5. The molecule has 1 unspecified atom stereocenters. The van der Waals surface area contributed by atoms with Crippen LogP contribution >= 0.6 is 12.4 Å². The van der Waals surface area contributed by atoms with Gasteiger partial charge in [-0.3, -0.25) is 9.59 Å². The molecule has 0 saturated carbocycles. The molecule has 0 bridgehead atoms. The lowest BCUT2D eigenvalue weighted by Gasteiger charge is -2.23. The van der Waals surface area contributed by atoms with Gasteiger partial charge in [-0.05, 0) is 26.1 Å². The number of nitrogens with one attached hydrogen (secondary N) is 2. The molecule has 0 saturated heterocycles. The van der Waals surface area contributed by atoms with Crippen molar-refractivity contribution in [1.82, 2.24) is 10.2 Å². The molecule has 1 rings (SSSR count). The molecule has 130 valence electrons. The van der Waals surface area contributed by atoms with Gasteiger partial charge in [0.2, 0.25) is 11.8 Å². The van der Waals surface area contributed by atoms with Gasteiger partial charge in [0.15, 0.2) is 0 Å². The average Bonchev–Trinajstić information content (AvgIpc) is 2.52. The summed E-state index contributed by atoms with van der Waals surface area (Å²) in [6, 6.07) is 7.12. The Morgan fingerprint density at radius 1 is 1.35 bits per heavy atom. The number of hydrogen-bond donors (Lipinski definition) is 2. The van der Waals surface area contributed by atoms with Crippen LogP contribution in [-0.2, 0) is 9.59 Å². The number of benzene rings is 1. The van der Waals surface area contributed by atoms with Gasteiger partial charge in [-0.1, -0.05) is 13.0 Å². The minimum Gasteiger partial charge on any atom is -0.497 e. The number of likely N-dealkylation sites (N-methyl/N-ethyl adjacent to an activating group) is 1. The first kappa shape index (κ1) is 21.2. The maximum Gasteiger partial charge on any atom is 0.243 e. The summed E-state index contributed by atoms with van der Waals surface area (Å²) in [7, 11) is 3.37. The third-order valence-corrected chi connectivity index (χ3v) is 3.31. The first-order valence-electron chi connectivity index (χ1n) is 7.39. The normalized spacial score (nSPS) is 11.1. The molecular weight excluding hydrogens is 318 g/mol. The second kappa shape index (κ2) is 10.9. The summed E-state index contributed by atoms with van der Waals surface area (Å²) >= 11 is 0. The quantitative estimate of drug-likeness (QED) is 0.754. The summed E-state index contributed by atoms with van der Waals surface area (Å²) in [5.41, 5.74) is 0.649. The summed E-state index contributed by atoms with van der Waals surface area (Å²) in [6.45, 7) is 4.84. The van der Waals surface area contributed by atoms with Crippen molar-refractivity contribution < 1.29 is 14.3 Å². The zero-order valence-electron chi connectivity index (χ0n) is 14.1. The number of amides is 2. The molecule has 6 nitrogen and oxygen atoms in total. The summed E-state index contributed by atoms with van der Waals surface area (Å²) < 4.78 is 5.11. The van der Waals surface area contributed by atoms with Crippen LogP contribution in [0.2, 0.25) is 0 Å². The Bertz CT molecular complexity index is 511. The van der Waals surface area contributed by atoms with Crippen molar-refractivity contribution in [2.24, 2.45) is 5.92 Å². The number of rotatable bonds is 8. The van der Waals surface area contributed by atoms with Gasteiger partial charge in [-0.25, -0.2) is 0 Å². The predicted molar refractivity (Wildman–Crippen MR) is 94.2 cm³/mol. The van der Waals surface area contributed by atoms with Crippen LogP contribution in [0.5, 0.6) is 5.75 Å². The second-order valence-electron chi connectivity index (χ2n) is 5.09. The van der Waals surface area contributed by atoms with Crippen molar-refractivity contribution in [3.05, 3.63) is 24.3 Å². The van der Waals surface area contributed by atoms with Crippen molar-refractivity contribution in [3.8, 4) is 5.75 Å². The zero-order chi connectivity index (χ0) is 16.5. The minimum atomic E-state index is -0.222. The summed E-state index contributed by atoms with van der Waals surface area (Å²) in [5.74, 6) is 0.260. The summed E-state index contributed by atoms with van der Waals surface area (Å²) in [5, 5.41) is 5.75. The van der Waals surface area contributed by atoms with E-state index in [9.17, 15) is 9.59 Å². The molecular formula is C16H26ClN3O3. The van der Waals surface area contributed by atoms with Crippen molar-refractivity contribution in [3.63, 3.8) is 0 Å². The second-order valence-corrected chi connectivity index (χ2v) is 5.09. The van der Waals surface area contributed by atoms with Crippen LogP contribution in [0, 0.1) is 5.92 Å². The Labute approximate surface area is 144 Å². The van der Waals surface area contributed by atoms with E-state index in [0.29, 0.717) is 24.5 Å². The number of hydrogen-bond acceptors (Lipinski definition) is 4. The molecule has 1 aromatic rings. The van der Waals surface area contributed by atoms with Crippen molar-refractivity contribution >= 4 is 29.9 Å². The fourth-order valence-electron chi connectivity index (χ4n) is 2.13. The van der Waals surface area contributed by atoms with Gasteiger partial charge < -0.3 is 20.3 Å².